The second-order valence-corrected chi connectivity index (χ2v) is 7.24. The smallest absolute Gasteiger partial charge is 0.203 e. The Morgan fingerprint density at radius 2 is 1.85 bits per heavy atom. The summed E-state index contributed by atoms with van der Waals surface area (Å²) in [5.41, 5.74) is 0.342. The van der Waals surface area contributed by atoms with Crippen molar-refractivity contribution in [2.75, 3.05) is 34.4 Å². The van der Waals surface area contributed by atoms with Crippen molar-refractivity contribution in [2.24, 2.45) is 5.92 Å². The highest BCUT2D eigenvalue weighted by molar-refractivity contribution is 5.54. The third-order valence-electron chi connectivity index (χ3n) is 5.97. The first-order valence-corrected chi connectivity index (χ1v) is 9.21. The molecule has 3 atom stereocenters. The fourth-order valence-electron chi connectivity index (χ4n) is 4.73. The highest BCUT2D eigenvalue weighted by atomic mass is 16.5. The molecular weight excluding hydrogens is 332 g/mol. The normalized spacial score (nSPS) is 28.7. The molecule has 2 fully saturated rings. The van der Waals surface area contributed by atoms with Gasteiger partial charge in [-0.25, -0.2) is 0 Å². The Morgan fingerprint density at radius 1 is 1.15 bits per heavy atom. The minimum atomic E-state index is -0.657. The van der Waals surface area contributed by atoms with E-state index in [1.54, 1.807) is 21.3 Å². The van der Waals surface area contributed by atoms with Gasteiger partial charge in [0.25, 0.3) is 0 Å². The molecule has 1 aromatic rings. The van der Waals surface area contributed by atoms with E-state index < -0.39 is 5.60 Å². The number of nitriles is 1. The largest absolute Gasteiger partial charge is 0.493 e. The molecule has 1 aliphatic heterocycles. The van der Waals surface area contributed by atoms with E-state index in [-0.39, 0.29) is 12.0 Å². The van der Waals surface area contributed by atoms with Crippen molar-refractivity contribution >= 4 is 0 Å². The molecule has 26 heavy (non-hydrogen) atoms. The van der Waals surface area contributed by atoms with Gasteiger partial charge in [0.2, 0.25) is 5.75 Å². The lowest BCUT2D eigenvalue weighted by Gasteiger charge is -2.52. The molecule has 3 rings (SSSR count). The number of aliphatic hydroxyl groups is 1. The predicted octanol–water partition coefficient (Wildman–Crippen LogP) is 2.90. The van der Waals surface area contributed by atoms with E-state index in [1.807, 2.05) is 12.1 Å². The molecule has 1 N–H and O–H groups in total. The Balaban J connectivity index is 2.08. The number of benzene rings is 1. The van der Waals surface area contributed by atoms with Gasteiger partial charge in [-0.1, -0.05) is 12.8 Å². The van der Waals surface area contributed by atoms with Crippen LogP contribution in [0.2, 0.25) is 0 Å². The van der Waals surface area contributed by atoms with Crippen molar-refractivity contribution in [3.63, 3.8) is 0 Å². The van der Waals surface area contributed by atoms with Gasteiger partial charge >= 0.3 is 0 Å². The summed E-state index contributed by atoms with van der Waals surface area (Å²) in [4.78, 5) is 2.17. The first-order chi connectivity index (χ1) is 12.6. The summed E-state index contributed by atoms with van der Waals surface area (Å²) in [5.74, 6) is 1.86. The van der Waals surface area contributed by atoms with Gasteiger partial charge in [0.05, 0.1) is 39.5 Å². The summed E-state index contributed by atoms with van der Waals surface area (Å²) >= 11 is 0. The van der Waals surface area contributed by atoms with Crippen LogP contribution in [0.15, 0.2) is 12.1 Å². The maximum absolute atomic E-state index is 11.3. The number of nitrogens with zero attached hydrogens (tertiary/aromatic N) is 2. The topological polar surface area (TPSA) is 75.0 Å². The zero-order valence-corrected chi connectivity index (χ0v) is 15.8. The van der Waals surface area contributed by atoms with Crippen molar-refractivity contribution in [1.82, 2.24) is 4.90 Å². The number of hydrogen-bond acceptors (Lipinski definition) is 6. The molecular formula is C20H28N2O4. The summed E-state index contributed by atoms with van der Waals surface area (Å²) < 4.78 is 16.5. The third kappa shape index (κ3) is 3.22. The zero-order chi connectivity index (χ0) is 18.7. The average molecular weight is 360 g/mol. The van der Waals surface area contributed by atoms with E-state index in [2.05, 4.69) is 11.0 Å². The lowest BCUT2D eigenvalue weighted by Crippen LogP contribution is -2.54. The first-order valence-electron chi connectivity index (χ1n) is 9.21. The number of likely N-dealkylation sites (tertiary alicyclic amines) is 1. The highest BCUT2D eigenvalue weighted by Gasteiger charge is 2.49. The maximum Gasteiger partial charge on any atom is 0.203 e. The van der Waals surface area contributed by atoms with Gasteiger partial charge in [-0.3, -0.25) is 4.90 Å². The summed E-state index contributed by atoms with van der Waals surface area (Å²) in [6.45, 7) is 1.05. The molecule has 1 saturated heterocycles. The van der Waals surface area contributed by atoms with Gasteiger partial charge in [-0.15, -0.1) is 0 Å². The van der Waals surface area contributed by atoms with Crippen LogP contribution >= 0.6 is 0 Å². The fourth-order valence-corrected chi connectivity index (χ4v) is 4.73. The van der Waals surface area contributed by atoms with Gasteiger partial charge in [0, 0.05) is 18.5 Å². The van der Waals surface area contributed by atoms with E-state index in [4.69, 9.17) is 14.2 Å². The molecule has 1 aromatic carbocycles. The first kappa shape index (κ1) is 18.8. The third-order valence-corrected chi connectivity index (χ3v) is 5.97. The molecule has 6 nitrogen and oxygen atoms in total. The minimum Gasteiger partial charge on any atom is -0.493 e. The number of hydrogen-bond donors (Lipinski definition) is 1. The molecule has 2 aliphatic rings. The standard InChI is InChI=1S/C20H28N2O4/c1-24-16-12-14(13-17(25-2)19(16)26-3)18-15-6-4-5-7-20(15,23)8-10-22(18)11-9-21/h12-13,15,18,23H,4-8,10-11H2,1-3H3/t15-,18+,20+/m1/s1. The number of fused-ring (bicyclic) bond motifs is 1. The monoisotopic (exact) mass is 360 g/mol. The molecule has 1 aliphatic carbocycles. The SMILES string of the molecule is COc1cc([C@H]2[C@H]3CCCC[C@]3(O)CCN2CC#N)cc(OC)c1OC. The fraction of sp³-hybridized carbons (Fsp3) is 0.650. The van der Waals surface area contributed by atoms with Crippen LogP contribution < -0.4 is 14.2 Å². The Hall–Kier alpha value is -1.97. The van der Waals surface area contributed by atoms with Crippen LogP contribution in [0.3, 0.4) is 0 Å². The Bertz CT molecular complexity index is 662. The Labute approximate surface area is 155 Å². The average Bonchev–Trinajstić information content (AvgIpc) is 2.66. The molecule has 0 aromatic heterocycles. The van der Waals surface area contributed by atoms with Gasteiger partial charge < -0.3 is 19.3 Å². The number of methoxy groups -OCH3 is 3. The van der Waals surface area contributed by atoms with E-state index in [0.717, 1.165) is 37.7 Å². The second kappa shape index (κ2) is 7.73. The molecule has 142 valence electrons. The molecule has 0 unspecified atom stereocenters. The maximum atomic E-state index is 11.3. The van der Waals surface area contributed by atoms with Crippen LogP contribution in [-0.4, -0.2) is 50.0 Å². The van der Waals surface area contributed by atoms with E-state index in [9.17, 15) is 10.4 Å². The van der Waals surface area contributed by atoms with Crippen molar-refractivity contribution in [3.05, 3.63) is 17.7 Å². The van der Waals surface area contributed by atoms with E-state index in [0.29, 0.717) is 30.3 Å². The van der Waals surface area contributed by atoms with Crippen molar-refractivity contribution in [1.29, 1.82) is 5.26 Å². The van der Waals surface area contributed by atoms with Crippen molar-refractivity contribution in [3.8, 4) is 23.3 Å². The number of rotatable bonds is 5. The van der Waals surface area contributed by atoms with E-state index >= 15 is 0 Å². The molecule has 1 heterocycles. The van der Waals surface area contributed by atoms with Crippen LogP contribution in [0.25, 0.3) is 0 Å². The minimum absolute atomic E-state index is 0.0394. The molecule has 0 amide bonds. The predicted molar refractivity (Wildman–Crippen MR) is 97.5 cm³/mol. The quantitative estimate of drug-likeness (QED) is 0.814. The Morgan fingerprint density at radius 3 is 2.42 bits per heavy atom. The summed E-state index contributed by atoms with van der Waals surface area (Å²) in [5, 5.41) is 20.6. The van der Waals surface area contributed by atoms with Gasteiger partial charge in [-0.05, 0) is 37.0 Å². The van der Waals surface area contributed by atoms with Gasteiger partial charge in [-0.2, -0.15) is 5.26 Å². The second-order valence-electron chi connectivity index (χ2n) is 7.24. The molecule has 0 radical (unpaired) electrons. The molecule has 0 bridgehead atoms. The van der Waals surface area contributed by atoms with Crippen molar-refractivity contribution in [2.45, 2.75) is 43.7 Å². The van der Waals surface area contributed by atoms with Crippen LogP contribution in [0.5, 0.6) is 17.2 Å². The summed E-state index contributed by atoms with van der Waals surface area (Å²) in [7, 11) is 4.79. The summed E-state index contributed by atoms with van der Waals surface area (Å²) in [6, 6.07) is 6.15. The summed E-state index contributed by atoms with van der Waals surface area (Å²) in [6.07, 6.45) is 4.68. The van der Waals surface area contributed by atoms with Crippen LogP contribution in [0.1, 0.15) is 43.7 Å². The molecule has 1 saturated carbocycles. The number of ether oxygens (including phenoxy) is 3. The van der Waals surface area contributed by atoms with Crippen molar-refractivity contribution < 1.29 is 19.3 Å². The lowest BCUT2D eigenvalue weighted by atomic mass is 9.66. The van der Waals surface area contributed by atoms with Crippen LogP contribution in [0, 0.1) is 17.2 Å². The van der Waals surface area contributed by atoms with Crippen LogP contribution in [0.4, 0.5) is 0 Å². The number of piperidine rings is 1. The van der Waals surface area contributed by atoms with E-state index in [1.165, 1.54) is 0 Å². The van der Waals surface area contributed by atoms with Gasteiger partial charge in [0.1, 0.15) is 0 Å². The van der Waals surface area contributed by atoms with Crippen LogP contribution in [-0.2, 0) is 0 Å². The highest BCUT2D eigenvalue weighted by Crippen LogP contribution is 2.51. The Kier molecular flexibility index (Phi) is 5.59. The molecule has 6 heteroatoms. The lowest BCUT2D eigenvalue weighted by molar-refractivity contribution is -0.121. The molecule has 0 spiro atoms. The zero-order valence-electron chi connectivity index (χ0n) is 15.8. The van der Waals surface area contributed by atoms with Gasteiger partial charge in [0.15, 0.2) is 11.5 Å².